The molecule has 2 aromatic heterocycles. The van der Waals surface area contributed by atoms with Gasteiger partial charge in [0, 0.05) is 22.0 Å². The van der Waals surface area contributed by atoms with Crippen molar-refractivity contribution in [2.24, 2.45) is 5.10 Å². The minimum absolute atomic E-state index is 0.112. The van der Waals surface area contributed by atoms with Gasteiger partial charge in [-0.3, -0.25) is 14.9 Å². The van der Waals surface area contributed by atoms with Crippen LogP contribution in [0, 0.1) is 17.3 Å². The molecule has 0 N–H and O–H groups in total. The number of hydrogen-bond acceptors (Lipinski definition) is 7. The van der Waals surface area contributed by atoms with Gasteiger partial charge in [-0.25, -0.2) is 9.97 Å². The van der Waals surface area contributed by atoms with Crippen LogP contribution in [-0.2, 0) is 5.41 Å². The van der Waals surface area contributed by atoms with E-state index in [-0.39, 0.29) is 17.1 Å². The zero-order valence-corrected chi connectivity index (χ0v) is 25.1. The average Bonchev–Trinajstić information content (AvgIpc) is 2.80. The SMILES string of the molecule is CC(C)(C)c1nc2ccc(Br)cc2c(=O)n1N=Cc1cc(I)c(Oc2ccc([N+](=O)[O-])cn2)c(I)c1. The van der Waals surface area contributed by atoms with Crippen molar-refractivity contribution in [2.75, 3.05) is 0 Å². The Kier molecular flexibility index (Phi) is 7.75. The minimum Gasteiger partial charge on any atom is -0.437 e. The summed E-state index contributed by atoms with van der Waals surface area (Å²) in [5.74, 6) is 1.36. The van der Waals surface area contributed by atoms with Crippen molar-refractivity contribution in [3.63, 3.8) is 0 Å². The van der Waals surface area contributed by atoms with Crippen LogP contribution >= 0.6 is 61.1 Å². The third-order valence-electron chi connectivity index (χ3n) is 4.96. The molecule has 0 amide bonds. The number of halogens is 3. The van der Waals surface area contributed by atoms with E-state index >= 15 is 0 Å². The molecule has 0 aliphatic carbocycles. The molecule has 0 saturated carbocycles. The Morgan fingerprint density at radius 1 is 1.14 bits per heavy atom. The van der Waals surface area contributed by atoms with Gasteiger partial charge in [0.1, 0.15) is 12.0 Å². The van der Waals surface area contributed by atoms with Gasteiger partial charge in [-0.1, -0.05) is 36.7 Å². The second kappa shape index (κ2) is 10.5. The lowest BCUT2D eigenvalue weighted by Crippen LogP contribution is -2.29. The number of benzene rings is 2. The second-order valence-corrected chi connectivity index (χ2v) is 12.0. The molecule has 0 aliphatic heterocycles. The van der Waals surface area contributed by atoms with E-state index in [1.54, 1.807) is 12.3 Å². The van der Waals surface area contributed by atoms with Crippen molar-refractivity contribution in [3.05, 3.63) is 92.1 Å². The maximum absolute atomic E-state index is 13.3. The lowest BCUT2D eigenvalue weighted by Gasteiger charge is -2.20. The third kappa shape index (κ3) is 5.75. The highest BCUT2D eigenvalue weighted by Gasteiger charge is 2.23. The van der Waals surface area contributed by atoms with Crippen molar-refractivity contribution >= 4 is 83.9 Å². The molecule has 2 heterocycles. The van der Waals surface area contributed by atoms with Crippen LogP contribution in [0.3, 0.4) is 0 Å². The van der Waals surface area contributed by atoms with Crippen LogP contribution in [0.4, 0.5) is 5.69 Å². The lowest BCUT2D eigenvalue weighted by atomic mass is 9.95. The Balaban J connectivity index is 1.71. The van der Waals surface area contributed by atoms with Gasteiger partial charge < -0.3 is 4.74 Å². The Bertz CT molecular complexity index is 1560. The largest absolute Gasteiger partial charge is 0.437 e. The van der Waals surface area contributed by atoms with Crippen LogP contribution in [0.5, 0.6) is 11.6 Å². The van der Waals surface area contributed by atoms with Gasteiger partial charge in [-0.05, 0) is 81.1 Å². The number of ether oxygens (including phenoxy) is 1. The van der Waals surface area contributed by atoms with Crippen molar-refractivity contribution in [1.29, 1.82) is 0 Å². The molecular formula is C24H18BrI2N5O4. The number of hydrogen-bond donors (Lipinski definition) is 0. The lowest BCUT2D eigenvalue weighted by molar-refractivity contribution is -0.385. The summed E-state index contributed by atoms with van der Waals surface area (Å²) in [6, 6.07) is 11.9. The summed E-state index contributed by atoms with van der Waals surface area (Å²) in [6.07, 6.45) is 2.76. The number of nitrogens with zero attached hydrogens (tertiary/aromatic N) is 5. The first-order chi connectivity index (χ1) is 16.9. The Morgan fingerprint density at radius 3 is 2.42 bits per heavy atom. The summed E-state index contributed by atoms with van der Waals surface area (Å²) in [7, 11) is 0. The molecule has 184 valence electrons. The molecule has 12 heteroatoms. The topological polar surface area (TPSA) is 113 Å². The van der Waals surface area contributed by atoms with Crippen molar-refractivity contribution in [3.8, 4) is 11.6 Å². The average molecular weight is 774 g/mol. The molecule has 36 heavy (non-hydrogen) atoms. The molecule has 0 radical (unpaired) electrons. The summed E-state index contributed by atoms with van der Waals surface area (Å²) in [5, 5.41) is 15.8. The molecule has 2 aromatic carbocycles. The zero-order chi connectivity index (χ0) is 26.2. The summed E-state index contributed by atoms with van der Waals surface area (Å²) >= 11 is 7.69. The van der Waals surface area contributed by atoms with Crippen molar-refractivity contribution in [2.45, 2.75) is 26.2 Å². The molecule has 0 unspecified atom stereocenters. The molecule has 0 bridgehead atoms. The first-order valence-electron chi connectivity index (χ1n) is 10.5. The summed E-state index contributed by atoms with van der Waals surface area (Å²) < 4.78 is 9.57. The summed E-state index contributed by atoms with van der Waals surface area (Å²) in [4.78, 5) is 32.4. The molecule has 0 atom stereocenters. The number of nitro groups is 1. The normalized spacial score (nSPS) is 11.8. The highest BCUT2D eigenvalue weighted by Crippen LogP contribution is 2.32. The van der Waals surface area contributed by atoms with Gasteiger partial charge in [-0.2, -0.15) is 9.78 Å². The number of fused-ring (bicyclic) bond motifs is 1. The Hall–Kier alpha value is -2.46. The fourth-order valence-corrected chi connectivity index (χ4v) is 5.66. The Labute approximate surface area is 241 Å². The van der Waals surface area contributed by atoms with Gasteiger partial charge in [0.05, 0.1) is 29.2 Å². The minimum atomic E-state index is -0.515. The molecule has 0 saturated heterocycles. The Morgan fingerprint density at radius 2 is 1.83 bits per heavy atom. The van der Waals surface area contributed by atoms with Gasteiger partial charge in [0.15, 0.2) is 5.75 Å². The quantitative estimate of drug-likeness (QED) is 0.0973. The number of aromatic nitrogens is 3. The predicted octanol–water partition coefficient (Wildman–Crippen LogP) is 6.64. The summed E-state index contributed by atoms with van der Waals surface area (Å²) in [5.41, 5.74) is 0.587. The van der Waals surface area contributed by atoms with E-state index in [0.29, 0.717) is 22.5 Å². The second-order valence-electron chi connectivity index (χ2n) is 8.74. The smallest absolute Gasteiger partial charge is 0.287 e. The predicted molar refractivity (Wildman–Crippen MR) is 158 cm³/mol. The number of rotatable bonds is 5. The molecule has 9 nitrogen and oxygen atoms in total. The van der Waals surface area contributed by atoms with Crippen molar-refractivity contribution in [1.82, 2.24) is 14.6 Å². The van der Waals surface area contributed by atoms with Crippen LogP contribution in [0.15, 0.2) is 63.0 Å². The first kappa shape index (κ1) is 26.6. The van der Waals surface area contributed by atoms with E-state index in [0.717, 1.165) is 23.4 Å². The highest BCUT2D eigenvalue weighted by molar-refractivity contribution is 14.1. The molecule has 0 fully saturated rings. The van der Waals surface area contributed by atoms with E-state index in [1.165, 1.54) is 16.8 Å². The van der Waals surface area contributed by atoms with Crippen LogP contribution in [0.25, 0.3) is 10.9 Å². The zero-order valence-electron chi connectivity index (χ0n) is 19.2. The third-order valence-corrected chi connectivity index (χ3v) is 7.06. The molecule has 4 aromatic rings. The number of pyridine rings is 1. The van der Waals surface area contributed by atoms with Crippen LogP contribution in [0.2, 0.25) is 0 Å². The molecule has 0 aliphatic rings. The fraction of sp³-hybridized carbons (Fsp3) is 0.167. The van der Waals surface area contributed by atoms with Crippen molar-refractivity contribution < 1.29 is 9.66 Å². The van der Waals surface area contributed by atoms with E-state index in [1.807, 2.05) is 45.0 Å². The fourth-order valence-electron chi connectivity index (χ4n) is 3.26. The van der Waals surface area contributed by atoms with E-state index in [2.05, 4.69) is 71.2 Å². The van der Waals surface area contributed by atoms with Crippen LogP contribution < -0.4 is 10.3 Å². The monoisotopic (exact) mass is 773 g/mol. The molecular weight excluding hydrogens is 756 g/mol. The summed E-state index contributed by atoms with van der Waals surface area (Å²) in [6.45, 7) is 5.95. The van der Waals surface area contributed by atoms with Gasteiger partial charge in [0.25, 0.3) is 11.2 Å². The van der Waals surface area contributed by atoms with Gasteiger partial charge >= 0.3 is 0 Å². The van der Waals surface area contributed by atoms with Crippen LogP contribution in [-0.4, -0.2) is 25.8 Å². The van der Waals surface area contributed by atoms with E-state index < -0.39 is 10.3 Å². The van der Waals surface area contributed by atoms with E-state index in [9.17, 15) is 14.9 Å². The maximum atomic E-state index is 13.3. The highest BCUT2D eigenvalue weighted by atomic mass is 127. The standard InChI is InChI=1S/C24H18BrI2N5O4/c1-24(2,3)23-30-19-6-4-14(25)10-16(19)22(33)31(23)29-11-13-8-17(26)21(18(27)9-13)36-20-7-5-15(12-28-20)32(34)35/h4-12H,1-3H3. The van der Waals surface area contributed by atoms with E-state index in [4.69, 9.17) is 9.72 Å². The van der Waals surface area contributed by atoms with Gasteiger partial charge in [-0.15, -0.1) is 0 Å². The van der Waals surface area contributed by atoms with Crippen LogP contribution in [0.1, 0.15) is 32.2 Å². The molecule has 4 rings (SSSR count). The maximum Gasteiger partial charge on any atom is 0.287 e. The first-order valence-corrected chi connectivity index (χ1v) is 13.4. The van der Waals surface area contributed by atoms with Gasteiger partial charge in [0.2, 0.25) is 5.88 Å². The molecule has 0 spiro atoms.